The predicted molar refractivity (Wildman–Crippen MR) is 73.8 cm³/mol. The molecule has 0 aliphatic rings. The van der Waals surface area contributed by atoms with E-state index in [1.165, 1.54) is 0 Å². The van der Waals surface area contributed by atoms with Crippen molar-refractivity contribution in [3.05, 3.63) is 59.1 Å². The third kappa shape index (κ3) is 4.00. The smallest absolute Gasteiger partial charge is 0.349 e. The van der Waals surface area contributed by atoms with Crippen LogP contribution in [0.3, 0.4) is 0 Å². The Labute approximate surface area is 116 Å². The molecular formula is C15H13ClO3. The van der Waals surface area contributed by atoms with Crippen LogP contribution in [0.5, 0.6) is 11.5 Å². The summed E-state index contributed by atoms with van der Waals surface area (Å²) in [7, 11) is 0. The summed E-state index contributed by atoms with van der Waals surface area (Å²) >= 11 is 5.94. The molecule has 0 aliphatic carbocycles. The largest absolute Gasteiger partial charge is 0.482 e. The highest BCUT2D eigenvalue weighted by Gasteiger charge is 2.09. The minimum Gasteiger partial charge on any atom is -0.482 e. The molecule has 0 bridgehead atoms. The summed E-state index contributed by atoms with van der Waals surface area (Å²) in [5.74, 6) is 0.481. The monoisotopic (exact) mass is 276 g/mol. The van der Waals surface area contributed by atoms with Gasteiger partial charge in [-0.15, -0.1) is 0 Å². The number of ether oxygens (including phenoxy) is 2. The van der Waals surface area contributed by atoms with Crippen molar-refractivity contribution in [1.29, 1.82) is 0 Å². The Kier molecular flexibility index (Phi) is 4.42. The molecule has 0 radical (unpaired) electrons. The fourth-order valence-corrected chi connectivity index (χ4v) is 1.66. The number of esters is 1. The van der Waals surface area contributed by atoms with Gasteiger partial charge in [0.25, 0.3) is 0 Å². The molecule has 0 amide bonds. The second-order valence-electron chi connectivity index (χ2n) is 4.01. The molecule has 0 atom stereocenters. The number of benzene rings is 2. The molecule has 0 N–H and O–H groups in total. The van der Waals surface area contributed by atoms with E-state index in [0.717, 1.165) is 5.56 Å². The van der Waals surface area contributed by atoms with E-state index < -0.39 is 5.97 Å². The van der Waals surface area contributed by atoms with Gasteiger partial charge in [-0.05, 0) is 36.8 Å². The van der Waals surface area contributed by atoms with E-state index >= 15 is 0 Å². The summed E-state index contributed by atoms with van der Waals surface area (Å²) in [6.07, 6.45) is 0. The molecule has 0 aliphatic heterocycles. The molecule has 19 heavy (non-hydrogen) atoms. The number of hydrogen-bond donors (Lipinski definition) is 0. The van der Waals surface area contributed by atoms with Gasteiger partial charge in [-0.25, -0.2) is 4.79 Å². The van der Waals surface area contributed by atoms with Gasteiger partial charge in [0.1, 0.15) is 11.5 Å². The maximum atomic E-state index is 11.6. The van der Waals surface area contributed by atoms with E-state index in [-0.39, 0.29) is 6.61 Å². The molecule has 4 heteroatoms. The summed E-state index contributed by atoms with van der Waals surface area (Å²) in [6.45, 7) is 1.74. The van der Waals surface area contributed by atoms with Crippen molar-refractivity contribution in [2.75, 3.05) is 6.61 Å². The predicted octanol–water partition coefficient (Wildman–Crippen LogP) is 3.63. The van der Waals surface area contributed by atoms with Crippen LogP contribution in [-0.2, 0) is 4.79 Å². The van der Waals surface area contributed by atoms with Crippen molar-refractivity contribution < 1.29 is 14.3 Å². The van der Waals surface area contributed by atoms with Gasteiger partial charge in [0.15, 0.2) is 6.61 Å². The Balaban J connectivity index is 1.93. The molecule has 0 aromatic heterocycles. The van der Waals surface area contributed by atoms with Gasteiger partial charge in [0.05, 0.1) is 5.02 Å². The Morgan fingerprint density at radius 2 is 1.89 bits per heavy atom. The Morgan fingerprint density at radius 3 is 2.63 bits per heavy atom. The van der Waals surface area contributed by atoms with Gasteiger partial charge in [-0.3, -0.25) is 0 Å². The molecule has 3 nitrogen and oxygen atoms in total. The SMILES string of the molecule is Cc1ccc(Cl)c(OC(=O)COc2ccccc2)c1. The van der Waals surface area contributed by atoms with Crippen LogP contribution in [0.1, 0.15) is 5.56 Å². The fraction of sp³-hybridized carbons (Fsp3) is 0.133. The Bertz CT molecular complexity index is 567. The number of aryl methyl sites for hydroxylation is 1. The first-order valence-electron chi connectivity index (χ1n) is 5.80. The summed E-state index contributed by atoms with van der Waals surface area (Å²) in [5, 5.41) is 0.402. The lowest BCUT2D eigenvalue weighted by Gasteiger charge is -2.08. The lowest BCUT2D eigenvalue weighted by atomic mass is 10.2. The molecule has 0 spiro atoms. The number of para-hydroxylation sites is 1. The molecule has 2 aromatic carbocycles. The third-order valence-corrected chi connectivity index (χ3v) is 2.72. The van der Waals surface area contributed by atoms with Crippen LogP contribution in [-0.4, -0.2) is 12.6 Å². The molecule has 98 valence electrons. The van der Waals surface area contributed by atoms with Gasteiger partial charge in [0.2, 0.25) is 0 Å². The molecule has 0 fully saturated rings. The first-order valence-corrected chi connectivity index (χ1v) is 6.17. The van der Waals surface area contributed by atoms with Crippen LogP contribution >= 0.6 is 11.6 Å². The van der Waals surface area contributed by atoms with Crippen LogP contribution in [0, 0.1) is 6.92 Å². The van der Waals surface area contributed by atoms with E-state index in [4.69, 9.17) is 21.1 Å². The molecule has 0 unspecified atom stereocenters. The van der Waals surface area contributed by atoms with Crippen LogP contribution in [0.2, 0.25) is 5.02 Å². The maximum absolute atomic E-state index is 11.6. The molecule has 2 rings (SSSR count). The topological polar surface area (TPSA) is 35.5 Å². The lowest BCUT2D eigenvalue weighted by Crippen LogP contribution is -2.17. The second kappa shape index (κ2) is 6.25. The van der Waals surface area contributed by atoms with Gasteiger partial charge in [0, 0.05) is 0 Å². The average molecular weight is 277 g/mol. The average Bonchev–Trinajstić information content (AvgIpc) is 2.42. The van der Waals surface area contributed by atoms with Crippen molar-refractivity contribution in [3.8, 4) is 11.5 Å². The van der Waals surface area contributed by atoms with E-state index in [1.807, 2.05) is 31.2 Å². The molecule has 0 heterocycles. The summed E-state index contributed by atoms with van der Waals surface area (Å²) in [6, 6.07) is 14.3. The highest BCUT2D eigenvalue weighted by atomic mass is 35.5. The number of rotatable bonds is 4. The Hall–Kier alpha value is -2.00. The minimum absolute atomic E-state index is 0.158. The van der Waals surface area contributed by atoms with E-state index in [0.29, 0.717) is 16.5 Å². The first-order chi connectivity index (χ1) is 9.15. The zero-order valence-corrected chi connectivity index (χ0v) is 11.2. The van der Waals surface area contributed by atoms with Gasteiger partial charge in [-0.2, -0.15) is 0 Å². The summed E-state index contributed by atoms with van der Waals surface area (Å²) in [5.41, 5.74) is 0.969. The molecular weight excluding hydrogens is 264 g/mol. The van der Waals surface area contributed by atoms with Crippen molar-refractivity contribution in [2.24, 2.45) is 0 Å². The van der Waals surface area contributed by atoms with Crippen LogP contribution in [0.25, 0.3) is 0 Å². The Morgan fingerprint density at radius 1 is 1.16 bits per heavy atom. The number of carbonyl (C=O) groups is 1. The van der Waals surface area contributed by atoms with Crippen molar-refractivity contribution in [3.63, 3.8) is 0 Å². The van der Waals surface area contributed by atoms with Crippen molar-refractivity contribution >= 4 is 17.6 Å². The zero-order chi connectivity index (χ0) is 13.7. The van der Waals surface area contributed by atoms with Crippen molar-refractivity contribution in [1.82, 2.24) is 0 Å². The zero-order valence-electron chi connectivity index (χ0n) is 10.4. The second-order valence-corrected chi connectivity index (χ2v) is 4.42. The summed E-state index contributed by atoms with van der Waals surface area (Å²) in [4.78, 5) is 11.6. The maximum Gasteiger partial charge on any atom is 0.349 e. The van der Waals surface area contributed by atoms with Crippen molar-refractivity contribution in [2.45, 2.75) is 6.92 Å². The lowest BCUT2D eigenvalue weighted by molar-refractivity contribution is -0.136. The first kappa shape index (κ1) is 13.4. The third-order valence-electron chi connectivity index (χ3n) is 2.41. The van der Waals surface area contributed by atoms with E-state index in [9.17, 15) is 4.79 Å². The highest BCUT2D eigenvalue weighted by Crippen LogP contribution is 2.25. The van der Waals surface area contributed by atoms with Crippen LogP contribution in [0.15, 0.2) is 48.5 Å². The van der Waals surface area contributed by atoms with Gasteiger partial charge < -0.3 is 9.47 Å². The van der Waals surface area contributed by atoms with Crippen LogP contribution < -0.4 is 9.47 Å². The van der Waals surface area contributed by atoms with Crippen LogP contribution in [0.4, 0.5) is 0 Å². The summed E-state index contributed by atoms with van der Waals surface area (Å²) < 4.78 is 10.4. The quantitative estimate of drug-likeness (QED) is 0.632. The molecule has 0 saturated carbocycles. The van der Waals surface area contributed by atoms with E-state index in [2.05, 4.69) is 0 Å². The normalized spacial score (nSPS) is 10.0. The minimum atomic E-state index is -0.489. The fourth-order valence-electron chi connectivity index (χ4n) is 1.50. The number of halogens is 1. The number of carbonyl (C=O) groups excluding carboxylic acids is 1. The highest BCUT2D eigenvalue weighted by molar-refractivity contribution is 6.32. The number of hydrogen-bond acceptors (Lipinski definition) is 3. The van der Waals surface area contributed by atoms with Gasteiger partial charge >= 0.3 is 5.97 Å². The van der Waals surface area contributed by atoms with Gasteiger partial charge in [-0.1, -0.05) is 35.9 Å². The standard InChI is InChI=1S/C15H13ClO3/c1-11-7-8-13(16)14(9-11)19-15(17)10-18-12-5-3-2-4-6-12/h2-9H,10H2,1H3. The molecule has 2 aromatic rings. The van der Waals surface area contributed by atoms with E-state index in [1.54, 1.807) is 24.3 Å². The molecule has 0 saturated heterocycles.